The fourth-order valence-corrected chi connectivity index (χ4v) is 5.20. The maximum absolute atomic E-state index is 13.4. The minimum Gasteiger partial charge on any atom is -0.325 e. The van der Waals surface area contributed by atoms with Crippen molar-refractivity contribution in [1.82, 2.24) is 4.31 Å². The number of carbonyl (C=O) groups excluding carboxylic acids is 1. The lowest BCUT2D eigenvalue weighted by molar-refractivity contribution is -0.116. The molecule has 0 radical (unpaired) electrons. The summed E-state index contributed by atoms with van der Waals surface area (Å²) in [5.74, 6) is -0.474. The first-order valence-corrected chi connectivity index (χ1v) is 12.2. The second kappa shape index (κ2) is 10.2. The summed E-state index contributed by atoms with van der Waals surface area (Å²) in [6.07, 6.45) is 0. The Morgan fingerprint density at radius 2 is 1.47 bits per heavy atom. The van der Waals surface area contributed by atoms with Gasteiger partial charge in [-0.3, -0.25) is 4.79 Å². The van der Waals surface area contributed by atoms with Gasteiger partial charge in [-0.1, -0.05) is 46.9 Å². The van der Waals surface area contributed by atoms with Gasteiger partial charge in [0, 0.05) is 27.3 Å². The van der Waals surface area contributed by atoms with Crippen LogP contribution in [0.15, 0.2) is 65.6 Å². The van der Waals surface area contributed by atoms with E-state index in [1.54, 1.807) is 12.1 Å². The van der Waals surface area contributed by atoms with Gasteiger partial charge in [-0.05, 0) is 79.1 Å². The van der Waals surface area contributed by atoms with Gasteiger partial charge in [-0.15, -0.1) is 0 Å². The van der Waals surface area contributed by atoms with Crippen molar-refractivity contribution >= 4 is 56.4 Å². The zero-order valence-electron chi connectivity index (χ0n) is 17.4. The molecule has 5 nitrogen and oxygen atoms in total. The zero-order chi connectivity index (χ0) is 23.5. The van der Waals surface area contributed by atoms with E-state index in [0.29, 0.717) is 26.3 Å². The van der Waals surface area contributed by atoms with E-state index in [0.717, 1.165) is 15.4 Å². The molecule has 0 saturated heterocycles. The summed E-state index contributed by atoms with van der Waals surface area (Å²) in [7, 11) is -4.02. The third-order valence-electron chi connectivity index (χ3n) is 4.64. The Morgan fingerprint density at radius 1 is 0.875 bits per heavy atom. The number of nitrogens with zero attached hydrogens (tertiary/aromatic N) is 1. The smallest absolute Gasteiger partial charge is 0.243 e. The Hall–Kier alpha value is -2.09. The van der Waals surface area contributed by atoms with Crippen molar-refractivity contribution in [2.24, 2.45) is 0 Å². The van der Waals surface area contributed by atoms with Gasteiger partial charge >= 0.3 is 0 Å². The Kier molecular flexibility index (Phi) is 7.85. The molecule has 0 unspecified atom stereocenters. The first-order chi connectivity index (χ1) is 15.0. The summed E-state index contributed by atoms with van der Waals surface area (Å²) in [5.41, 5.74) is 3.09. The summed E-state index contributed by atoms with van der Waals surface area (Å²) in [4.78, 5) is 12.8. The van der Waals surface area contributed by atoms with Crippen molar-refractivity contribution in [3.8, 4) is 0 Å². The van der Waals surface area contributed by atoms with Gasteiger partial charge in [0.15, 0.2) is 0 Å². The molecule has 168 valence electrons. The quantitative estimate of drug-likeness (QED) is 0.417. The average Bonchev–Trinajstić information content (AvgIpc) is 2.68. The second-order valence-electron chi connectivity index (χ2n) is 7.39. The number of sulfonamides is 1. The lowest BCUT2D eigenvalue weighted by Gasteiger charge is -2.23. The normalized spacial score (nSPS) is 11.6. The number of anilines is 1. The zero-order valence-corrected chi connectivity index (χ0v) is 20.5. The third kappa shape index (κ3) is 6.24. The number of amides is 1. The first-order valence-electron chi connectivity index (χ1n) is 9.62. The number of halogens is 3. The van der Waals surface area contributed by atoms with Crippen LogP contribution in [0.5, 0.6) is 0 Å². The predicted molar refractivity (Wildman–Crippen MR) is 130 cm³/mol. The highest BCUT2D eigenvalue weighted by atomic mass is 35.5. The average molecular weight is 512 g/mol. The number of hydrogen-bond donors (Lipinski definition) is 1. The number of nitrogens with one attached hydrogen (secondary N) is 1. The molecular formula is C23H21Cl3N2O3S. The van der Waals surface area contributed by atoms with Crippen LogP contribution in [-0.2, 0) is 21.4 Å². The van der Waals surface area contributed by atoms with Crippen molar-refractivity contribution in [1.29, 1.82) is 0 Å². The van der Waals surface area contributed by atoms with E-state index in [9.17, 15) is 13.2 Å². The van der Waals surface area contributed by atoms with E-state index >= 15 is 0 Å². The van der Waals surface area contributed by atoms with Crippen LogP contribution < -0.4 is 5.32 Å². The van der Waals surface area contributed by atoms with Crippen LogP contribution >= 0.6 is 34.8 Å². The second-order valence-corrected chi connectivity index (χ2v) is 10.6. The number of benzene rings is 3. The molecule has 0 heterocycles. The number of hydrogen-bond acceptors (Lipinski definition) is 3. The molecule has 9 heteroatoms. The monoisotopic (exact) mass is 510 g/mol. The Bertz CT molecular complexity index is 1230. The molecule has 0 atom stereocenters. The molecule has 0 aromatic heterocycles. The standard InChI is InChI=1S/C23H21Cl3N2O3S/c1-15-9-16(2)11-20(10-15)27-23(29)14-28(13-17-3-4-19(25)12-22(17)26)32(30,31)21-7-5-18(24)6-8-21/h3-12H,13-14H2,1-2H3,(H,27,29). The SMILES string of the molecule is Cc1cc(C)cc(NC(=O)CN(Cc2ccc(Cl)cc2Cl)S(=O)(=O)c2ccc(Cl)cc2)c1. The molecule has 3 rings (SSSR count). The Labute approximate surface area is 203 Å². The van der Waals surface area contributed by atoms with E-state index < -0.39 is 22.5 Å². The number of carbonyl (C=O) groups is 1. The van der Waals surface area contributed by atoms with Gasteiger partial charge in [0.1, 0.15) is 0 Å². The van der Waals surface area contributed by atoms with Crippen LogP contribution in [0.2, 0.25) is 15.1 Å². The van der Waals surface area contributed by atoms with E-state index in [4.69, 9.17) is 34.8 Å². The van der Waals surface area contributed by atoms with Gasteiger partial charge in [0.25, 0.3) is 0 Å². The molecule has 3 aromatic rings. The van der Waals surface area contributed by atoms with E-state index in [1.165, 1.54) is 30.3 Å². The minimum atomic E-state index is -4.02. The molecule has 32 heavy (non-hydrogen) atoms. The van der Waals surface area contributed by atoms with Crippen molar-refractivity contribution in [2.75, 3.05) is 11.9 Å². The molecule has 0 aliphatic rings. The molecule has 1 amide bonds. The number of rotatable bonds is 7. The summed E-state index contributed by atoms with van der Waals surface area (Å²) in [6, 6.07) is 16.2. The van der Waals surface area contributed by atoms with Crippen molar-refractivity contribution < 1.29 is 13.2 Å². The fraction of sp³-hybridized carbons (Fsp3) is 0.174. The van der Waals surface area contributed by atoms with Crippen LogP contribution in [0.4, 0.5) is 5.69 Å². The van der Waals surface area contributed by atoms with Gasteiger partial charge in [0.05, 0.1) is 11.4 Å². The molecule has 1 N–H and O–H groups in total. The van der Waals surface area contributed by atoms with Gasteiger partial charge in [-0.25, -0.2) is 8.42 Å². The maximum atomic E-state index is 13.4. The summed E-state index contributed by atoms with van der Waals surface area (Å²) in [5, 5.41) is 3.92. The third-order valence-corrected chi connectivity index (χ3v) is 7.28. The molecule has 0 bridgehead atoms. The predicted octanol–water partition coefficient (Wildman–Crippen LogP) is 6.09. The van der Waals surface area contributed by atoms with Crippen molar-refractivity contribution in [3.63, 3.8) is 0 Å². The summed E-state index contributed by atoms with van der Waals surface area (Å²) >= 11 is 18.1. The van der Waals surface area contributed by atoms with Crippen LogP contribution in [0.3, 0.4) is 0 Å². The highest BCUT2D eigenvalue weighted by molar-refractivity contribution is 7.89. The van der Waals surface area contributed by atoms with Crippen molar-refractivity contribution in [3.05, 3.63) is 92.4 Å². The molecular weight excluding hydrogens is 491 g/mol. The molecule has 0 spiro atoms. The molecule has 0 fully saturated rings. The lowest BCUT2D eigenvalue weighted by atomic mass is 10.1. The van der Waals surface area contributed by atoms with Gasteiger partial charge in [0.2, 0.25) is 15.9 Å². The van der Waals surface area contributed by atoms with Crippen LogP contribution in [0.25, 0.3) is 0 Å². The van der Waals surface area contributed by atoms with E-state index in [-0.39, 0.29) is 11.4 Å². The summed E-state index contributed by atoms with van der Waals surface area (Å²) < 4.78 is 27.8. The summed E-state index contributed by atoms with van der Waals surface area (Å²) in [6.45, 7) is 3.32. The molecule has 3 aromatic carbocycles. The molecule has 0 aliphatic heterocycles. The highest BCUT2D eigenvalue weighted by Crippen LogP contribution is 2.26. The minimum absolute atomic E-state index is 0.0196. The Balaban J connectivity index is 1.92. The van der Waals surface area contributed by atoms with E-state index in [1.807, 2.05) is 32.0 Å². The topological polar surface area (TPSA) is 66.5 Å². The lowest BCUT2D eigenvalue weighted by Crippen LogP contribution is -2.37. The van der Waals surface area contributed by atoms with Crippen LogP contribution in [0, 0.1) is 13.8 Å². The molecule has 0 aliphatic carbocycles. The highest BCUT2D eigenvalue weighted by Gasteiger charge is 2.27. The van der Waals surface area contributed by atoms with Gasteiger partial charge < -0.3 is 5.32 Å². The first kappa shape index (κ1) is 24.6. The largest absolute Gasteiger partial charge is 0.325 e. The Morgan fingerprint density at radius 3 is 2.06 bits per heavy atom. The van der Waals surface area contributed by atoms with Crippen LogP contribution in [-0.4, -0.2) is 25.2 Å². The molecule has 0 saturated carbocycles. The van der Waals surface area contributed by atoms with Gasteiger partial charge in [-0.2, -0.15) is 4.31 Å². The van der Waals surface area contributed by atoms with Crippen molar-refractivity contribution in [2.45, 2.75) is 25.3 Å². The number of aryl methyl sites for hydroxylation is 2. The van der Waals surface area contributed by atoms with Crippen LogP contribution in [0.1, 0.15) is 16.7 Å². The van der Waals surface area contributed by atoms with E-state index in [2.05, 4.69) is 5.32 Å². The fourth-order valence-electron chi connectivity index (χ4n) is 3.23. The maximum Gasteiger partial charge on any atom is 0.243 e.